The van der Waals surface area contributed by atoms with E-state index in [4.69, 9.17) is 10.5 Å². The molecule has 1 aliphatic heterocycles. The molecule has 2 aromatic rings. The number of rotatable bonds is 5. The predicted octanol–water partition coefficient (Wildman–Crippen LogP) is 2.67. The van der Waals surface area contributed by atoms with Crippen LogP contribution < -0.4 is 20.7 Å². The summed E-state index contributed by atoms with van der Waals surface area (Å²) in [5.74, 6) is 2.39. The van der Waals surface area contributed by atoms with Gasteiger partial charge in [-0.05, 0) is 37.0 Å². The first kappa shape index (κ1) is 15.4. The van der Waals surface area contributed by atoms with Crippen LogP contribution in [0, 0.1) is 0 Å². The molecule has 0 saturated carbocycles. The molecule has 1 aromatic heterocycles. The number of piperidine rings is 1. The molecule has 3 N–H and O–H groups in total. The number of benzene rings is 1. The van der Waals surface area contributed by atoms with Crippen LogP contribution in [-0.2, 0) is 6.54 Å². The van der Waals surface area contributed by atoms with Crippen LogP contribution in [-0.4, -0.2) is 30.2 Å². The minimum atomic E-state index is 0.628. The summed E-state index contributed by atoms with van der Waals surface area (Å²) in [7, 11) is 1.66. The fourth-order valence-corrected chi connectivity index (χ4v) is 2.81. The van der Waals surface area contributed by atoms with Crippen LogP contribution in [0.25, 0.3) is 0 Å². The smallest absolute Gasteiger partial charge is 0.157 e. The van der Waals surface area contributed by atoms with Gasteiger partial charge in [0.2, 0.25) is 0 Å². The van der Waals surface area contributed by atoms with E-state index in [2.05, 4.69) is 20.2 Å². The number of nitrogen functional groups attached to an aromatic ring is 1. The number of hydrogen-bond donors (Lipinski definition) is 2. The van der Waals surface area contributed by atoms with Crippen LogP contribution in [0.5, 0.6) is 5.75 Å². The van der Waals surface area contributed by atoms with E-state index >= 15 is 0 Å². The third kappa shape index (κ3) is 3.64. The Morgan fingerprint density at radius 3 is 2.57 bits per heavy atom. The molecule has 1 fully saturated rings. The minimum absolute atomic E-state index is 0.628. The number of nitrogens with two attached hydrogens (primary N) is 1. The van der Waals surface area contributed by atoms with Gasteiger partial charge in [-0.3, -0.25) is 0 Å². The van der Waals surface area contributed by atoms with E-state index in [1.807, 2.05) is 24.3 Å². The first-order valence-corrected chi connectivity index (χ1v) is 8.00. The number of ether oxygens (including phenoxy) is 1. The van der Waals surface area contributed by atoms with Crippen LogP contribution in [0.3, 0.4) is 0 Å². The van der Waals surface area contributed by atoms with E-state index in [1.165, 1.54) is 19.3 Å². The molecule has 0 amide bonds. The van der Waals surface area contributed by atoms with Gasteiger partial charge in [-0.2, -0.15) is 0 Å². The molecule has 1 aliphatic rings. The Morgan fingerprint density at radius 2 is 1.87 bits per heavy atom. The van der Waals surface area contributed by atoms with Crippen molar-refractivity contribution in [1.82, 2.24) is 9.97 Å². The first-order valence-electron chi connectivity index (χ1n) is 8.00. The molecule has 6 heteroatoms. The van der Waals surface area contributed by atoms with E-state index in [0.29, 0.717) is 18.1 Å². The van der Waals surface area contributed by atoms with Crippen LogP contribution in [0.1, 0.15) is 24.8 Å². The summed E-state index contributed by atoms with van der Waals surface area (Å²) in [4.78, 5) is 10.9. The molecule has 0 unspecified atom stereocenters. The summed E-state index contributed by atoms with van der Waals surface area (Å²) in [6.07, 6.45) is 5.25. The third-order valence-corrected chi connectivity index (χ3v) is 4.14. The van der Waals surface area contributed by atoms with Crippen molar-refractivity contribution in [1.29, 1.82) is 0 Å². The molecule has 1 aromatic carbocycles. The maximum absolute atomic E-state index is 6.27. The van der Waals surface area contributed by atoms with E-state index < -0.39 is 0 Å². The van der Waals surface area contributed by atoms with Gasteiger partial charge >= 0.3 is 0 Å². The number of nitrogens with zero attached hydrogens (tertiary/aromatic N) is 3. The molecule has 6 nitrogen and oxygen atoms in total. The summed E-state index contributed by atoms with van der Waals surface area (Å²) in [6.45, 7) is 2.68. The van der Waals surface area contributed by atoms with Gasteiger partial charge in [-0.1, -0.05) is 12.1 Å². The highest BCUT2D eigenvalue weighted by molar-refractivity contribution is 5.75. The quantitative estimate of drug-likeness (QED) is 0.884. The number of nitrogens with one attached hydrogen (secondary N) is 1. The lowest BCUT2D eigenvalue weighted by Crippen LogP contribution is -2.31. The summed E-state index contributed by atoms with van der Waals surface area (Å²) < 4.78 is 5.17. The maximum Gasteiger partial charge on any atom is 0.157 e. The van der Waals surface area contributed by atoms with Gasteiger partial charge in [0, 0.05) is 19.6 Å². The van der Waals surface area contributed by atoms with E-state index in [0.717, 1.165) is 30.2 Å². The fourth-order valence-electron chi connectivity index (χ4n) is 2.81. The molecule has 0 bridgehead atoms. The van der Waals surface area contributed by atoms with Crippen molar-refractivity contribution in [2.75, 3.05) is 36.1 Å². The summed E-state index contributed by atoms with van der Waals surface area (Å²) >= 11 is 0. The van der Waals surface area contributed by atoms with Gasteiger partial charge in [0.15, 0.2) is 11.6 Å². The van der Waals surface area contributed by atoms with Crippen LogP contribution in [0.15, 0.2) is 30.6 Å². The Morgan fingerprint density at radius 1 is 1.13 bits per heavy atom. The molecule has 0 atom stereocenters. The zero-order valence-corrected chi connectivity index (χ0v) is 13.5. The Labute approximate surface area is 136 Å². The molecule has 0 spiro atoms. The highest BCUT2D eigenvalue weighted by Crippen LogP contribution is 2.28. The second-order valence-corrected chi connectivity index (χ2v) is 5.71. The van der Waals surface area contributed by atoms with Crippen LogP contribution in [0.4, 0.5) is 17.3 Å². The average Bonchev–Trinajstić information content (AvgIpc) is 2.62. The summed E-state index contributed by atoms with van der Waals surface area (Å²) in [5.41, 5.74) is 8.04. The SMILES string of the molecule is COc1ccc(CNc2ncnc(N3CCCCC3)c2N)cc1. The van der Waals surface area contributed by atoms with Crippen molar-refractivity contribution < 1.29 is 4.74 Å². The first-order chi connectivity index (χ1) is 11.3. The maximum atomic E-state index is 6.27. The van der Waals surface area contributed by atoms with Gasteiger partial charge in [0.25, 0.3) is 0 Å². The molecular weight excluding hydrogens is 290 g/mol. The van der Waals surface area contributed by atoms with Gasteiger partial charge in [0.1, 0.15) is 17.8 Å². The highest BCUT2D eigenvalue weighted by Gasteiger charge is 2.17. The molecule has 122 valence electrons. The molecular formula is C17H23N5O. The van der Waals surface area contributed by atoms with Gasteiger partial charge in [0.05, 0.1) is 7.11 Å². The lowest BCUT2D eigenvalue weighted by molar-refractivity contribution is 0.414. The zero-order chi connectivity index (χ0) is 16.1. The molecule has 0 aliphatic carbocycles. The fraction of sp³-hybridized carbons (Fsp3) is 0.412. The predicted molar refractivity (Wildman–Crippen MR) is 92.8 cm³/mol. The standard InChI is InChI=1S/C17H23N5O/c1-23-14-7-5-13(6-8-14)11-19-16-15(18)17(21-12-20-16)22-9-3-2-4-10-22/h5-8,12H,2-4,9-11,18H2,1H3,(H,19,20,21). The summed E-state index contributed by atoms with van der Waals surface area (Å²) in [5, 5.41) is 3.30. The number of methoxy groups -OCH3 is 1. The van der Waals surface area contributed by atoms with Gasteiger partial charge in [-0.25, -0.2) is 9.97 Å². The molecule has 23 heavy (non-hydrogen) atoms. The lowest BCUT2D eigenvalue weighted by Gasteiger charge is -2.28. The molecule has 1 saturated heterocycles. The van der Waals surface area contributed by atoms with E-state index in [9.17, 15) is 0 Å². The van der Waals surface area contributed by atoms with Crippen molar-refractivity contribution in [3.63, 3.8) is 0 Å². The number of anilines is 3. The molecule has 3 rings (SSSR count). The van der Waals surface area contributed by atoms with E-state index in [1.54, 1.807) is 13.4 Å². The zero-order valence-electron chi connectivity index (χ0n) is 13.5. The lowest BCUT2D eigenvalue weighted by atomic mass is 10.1. The molecule has 2 heterocycles. The van der Waals surface area contributed by atoms with Gasteiger partial charge < -0.3 is 20.7 Å². The van der Waals surface area contributed by atoms with Crippen LogP contribution in [0.2, 0.25) is 0 Å². The van der Waals surface area contributed by atoms with Gasteiger partial charge in [-0.15, -0.1) is 0 Å². The van der Waals surface area contributed by atoms with Crippen molar-refractivity contribution in [3.8, 4) is 5.75 Å². The summed E-state index contributed by atoms with van der Waals surface area (Å²) in [6, 6.07) is 7.93. The Bertz CT molecular complexity index is 638. The van der Waals surface area contributed by atoms with Crippen molar-refractivity contribution in [3.05, 3.63) is 36.2 Å². The highest BCUT2D eigenvalue weighted by atomic mass is 16.5. The topological polar surface area (TPSA) is 76.3 Å². The number of aromatic nitrogens is 2. The molecule has 0 radical (unpaired) electrons. The van der Waals surface area contributed by atoms with E-state index in [-0.39, 0.29) is 0 Å². The monoisotopic (exact) mass is 313 g/mol. The average molecular weight is 313 g/mol. The Balaban J connectivity index is 1.69. The van der Waals surface area contributed by atoms with Crippen molar-refractivity contribution in [2.24, 2.45) is 0 Å². The normalized spacial score (nSPS) is 14.6. The minimum Gasteiger partial charge on any atom is -0.497 e. The van der Waals surface area contributed by atoms with Crippen molar-refractivity contribution >= 4 is 17.3 Å². The largest absolute Gasteiger partial charge is 0.497 e. The van der Waals surface area contributed by atoms with Crippen LogP contribution >= 0.6 is 0 Å². The Kier molecular flexibility index (Phi) is 4.80. The third-order valence-electron chi connectivity index (χ3n) is 4.14. The second kappa shape index (κ2) is 7.17. The van der Waals surface area contributed by atoms with Crippen molar-refractivity contribution in [2.45, 2.75) is 25.8 Å². The Hall–Kier alpha value is -2.50. The number of hydrogen-bond acceptors (Lipinski definition) is 6. The second-order valence-electron chi connectivity index (χ2n) is 5.71.